The second-order valence-corrected chi connectivity index (χ2v) is 5.98. The summed E-state index contributed by atoms with van der Waals surface area (Å²) < 4.78 is 0. The van der Waals surface area contributed by atoms with Crippen molar-refractivity contribution in [2.45, 2.75) is 20.4 Å². The summed E-state index contributed by atoms with van der Waals surface area (Å²) in [5.74, 6) is 0.315. The summed E-state index contributed by atoms with van der Waals surface area (Å²) in [6.45, 7) is 5.29. The van der Waals surface area contributed by atoms with Crippen molar-refractivity contribution >= 4 is 27.9 Å². The highest BCUT2D eigenvalue weighted by atomic mass is 16.3. The van der Waals surface area contributed by atoms with Crippen LogP contribution >= 0.6 is 0 Å². The van der Waals surface area contributed by atoms with E-state index in [1.807, 2.05) is 12.1 Å². The summed E-state index contributed by atoms with van der Waals surface area (Å²) in [5, 5.41) is 12.2. The van der Waals surface area contributed by atoms with Gasteiger partial charge in [0.15, 0.2) is 0 Å². The zero-order valence-electron chi connectivity index (χ0n) is 12.5. The third-order valence-corrected chi connectivity index (χ3v) is 4.62. The first-order chi connectivity index (χ1) is 10.1. The first-order valence-corrected chi connectivity index (χ1v) is 7.21. The Kier molecular flexibility index (Phi) is 2.37. The highest BCUT2D eigenvalue weighted by Crippen LogP contribution is 2.38. The Hall–Kier alpha value is -2.42. The van der Waals surface area contributed by atoms with Crippen molar-refractivity contribution in [1.82, 2.24) is 9.88 Å². The molecule has 2 heterocycles. The number of H-pyrrole nitrogens is 1. The Balaban J connectivity index is 2.21. The van der Waals surface area contributed by atoms with E-state index >= 15 is 0 Å². The first-order valence-electron chi connectivity index (χ1n) is 7.21. The van der Waals surface area contributed by atoms with Gasteiger partial charge in [-0.2, -0.15) is 0 Å². The molecule has 3 aromatic rings. The smallest absolute Gasteiger partial charge is 0.116 e. The molecule has 3 nitrogen and oxygen atoms in total. The predicted octanol–water partition coefficient (Wildman–Crippen LogP) is 4.06. The fraction of sp³-hybridized carbons (Fsp3) is 0.222. The van der Waals surface area contributed by atoms with Crippen LogP contribution in [0.4, 0.5) is 0 Å². The SMILES string of the molecule is Cc1c2c(c(C)c3c1[nH]c1ccc(O)cc13)CN(C)C=C2. The second-order valence-electron chi connectivity index (χ2n) is 5.98. The van der Waals surface area contributed by atoms with Crippen LogP contribution in [0.3, 0.4) is 0 Å². The van der Waals surface area contributed by atoms with Crippen molar-refractivity contribution in [3.63, 3.8) is 0 Å². The van der Waals surface area contributed by atoms with Crippen LogP contribution in [0.25, 0.3) is 27.9 Å². The van der Waals surface area contributed by atoms with Crippen LogP contribution in [0.1, 0.15) is 22.3 Å². The fourth-order valence-electron chi connectivity index (χ4n) is 3.50. The van der Waals surface area contributed by atoms with Crippen molar-refractivity contribution in [3.05, 3.63) is 46.7 Å². The molecule has 0 atom stereocenters. The molecule has 1 aromatic heterocycles. The zero-order chi connectivity index (χ0) is 14.7. The van der Waals surface area contributed by atoms with Gasteiger partial charge in [-0.05, 0) is 66.6 Å². The topological polar surface area (TPSA) is 39.3 Å². The molecule has 0 bridgehead atoms. The third-order valence-electron chi connectivity index (χ3n) is 4.62. The van der Waals surface area contributed by atoms with Crippen LogP contribution in [-0.4, -0.2) is 22.0 Å². The number of phenolic OH excluding ortho intramolecular Hbond substituents is 1. The maximum Gasteiger partial charge on any atom is 0.116 e. The lowest BCUT2D eigenvalue weighted by molar-refractivity contribution is 0.446. The van der Waals surface area contributed by atoms with Crippen LogP contribution < -0.4 is 0 Å². The van der Waals surface area contributed by atoms with E-state index in [0.717, 1.165) is 17.4 Å². The molecule has 3 heteroatoms. The number of hydrogen-bond donors (Lipinski definition) is 2. The zero-order valence-corrected chi connectivity index (χ0v) is 12.5. The number of aromatic nitrogens is 1. The molecule has 21 heavy (non-hydrogen) atoms. The van der Waals surface area contributed by atoms with Gasteiger partial charge in [0.2, 0.25) is 0 Å². The average molecular weight is 278 g/mol. The monoisotopic (exact) mass is 278 g/mol. The lowest BCUT2D eigenvalue weighted by atomic mass is 9.91. The minimum absolute atomic E-state index is 0.315. The van der Waals surface area contributed by atoms with Gasteiger partial charge in [0.25, 0.3) is 0 Å². The molecule has 4 rings (SSSR count). The van der Waals surface area contributed by atoms with Crippen molar-refractivity contribution in [1.29, 1.82) is 0 Å². The molecule has 0 spiro atoms. The number of fused-ring (bicyclic) bond motifs is 4. The summed E-state index contributed by atoms with van der Waals surface area (Å²) >= 11 is 0. The van der Waals surface area contributed by atoms with Gasteiger partial charge in [-0.25, -0.2) is 0 Å². The minimum Gasteiger partial charge on any atom is -0.508 e. The van der Waals surface area contributed by atoms with Gasteiger partial charge in [0, 0.05) is 29.9 Å². The largest absolute Gasteiger partial charge is 0.508 e. The molecule has 2 N–H and O–H groups in total. The van der Waals surface area contributed by atoms with Crippen molar-refractivity contribution < 1.29 is 5.11 Å². The van der Waals surface area contributed by atoms with Gasteiger partial charge in [-0.3, -0.25) is 0 Å². The molecule has 106 valence electrons. The van der Waals surface area contributed by atoms with Crippen LogP contribution in [0, 0.1) is 13.8 Å². The number of rotatable bonds is 0. The Morgan fingerprint density at radius 3 is 2.81 bits per heavy atom. The minimum atomic E-state index is 0.315. The van der Waals surface area contributed by atoms with Gasteiger partial charge in [0.1, 0.15) is 5.75 Å². The Morgan fingerprint density at radius 2 is 2.00 bits per heavy atom. The summed E-state index contributed by atoms with van der Waals surface area (Å²) in [6.07, 6.45) is 4.33. The fourth-order valence-corrected chi connectivity index (χ4v) is 3.50. The second kappa shape index (κ2) is 4.04. The van der Waals surface area contributed by atoms with Gasteiger partial charge in [0.05, 0.1) is 5.52 Å². The van der Waals surface area contributed by atoms with E-state index in [-0.39, 0.29) is 0 Å². The number of aromatic hydroxyl groups is 1. The third kappa shape index (κ3) is 1.60. The normalized spacial score (nSPS) is 14.1. The lowest BCUT2D eigenvalue weighted by Crippen LogP contribution is -2.16. The van der Waals surface area contributed by atoms with Crippen molar-refractivity contribution in [2.24, 2.45) is 0 Å². The summed E-state index contributed by atoms with van der Waals surface area (Å²) in [4.78, 5) is 5.72. The highest BCUT2D eigenvalue weighted by Gasteiger charge is 2.19. The van der Waals surface area contributed by atoms with E-state index < -0.39 is 0 Å². The Morgan fingerprint density at radius 1 is 1.19 bits per heavy atom. The molecule has 1 aliphatic rings. The van der Waals surface area contributed by atoms with E-state index in [4.69, 9.17) is 0 Å². The van der Waals surface area contributed by atoms with Gasteiger partial charge in [-0.15, -0.1) is 0 Å². The summed E-state index contributed by atoms with van der Waals surface area (Å²) in [5.41, 5.74) is 7.56. The highest BCUT2D eigenvalue weighted by molar-refractivity contribution is 6.11. The first kappa shape index (κ1) is 12.3. The van der Waals surface area contributed by atoms with Crippen LogP contribution in [0.2, 0.25) is 0 Å². The number of nitrogens with zero attached hydrogens (tertiary/aromatic N) is 1. The van der Waals surface area contributed by atoms with Crippen molar-refractivity contribution in [3.8, 4) is 5.75 Å². The van der Waals surface area contributed by atoms with Gasteiger partial charge in [-0.1, -0.05) is 0 Å². The van der Waals surface area contributed by atoms with E-state index in [9.17, 15) is 5.11 Å². The van der Waals surface area contributed by atoms with Gasteiger partial charge < -0.3 is 15.0 Å². The van der Waals surface area contributed by atoms with E-state index in [2.05, 4.69) is 43.1 Å². The number of phenols is 1. The van der Waals surface area contributed by atoms with E-state index in [1.54, 1.807) is 6.07 Å². The molecule has 0 saturated heterocycles. The molecule has 0 fully saturated rings. The van der Waals surface area contributed by atoms with Crippen molar-refractivity contribution in [2.75, 3.05) is 7.05 Å². The molecule has 0 radical (unpaired) electrons. The number of nitrogens with one attached hydrogen (secondary N) is 1. The quantitative estimate of drug-likeness (QED) is 0.651. The van der Waals surface area contributed by atoms with E-state index in [1.165, 1.54) is 33.2 Å². The van der Waals surface area contributed by atoms with E-state index in [0.29, 0.717) is 5.75 Å². The lowest BCUT2D eigenvalue weighted by Gasteiger charge is -2.24. The maximum atomic E-state index is 9.82. The predicted molar refractivity (Wildman–Crippen MR) is 87.4 cm³/mol. The average Bonchev–Trinajstić information content (AvgIpc) is 2.83. The number of aryl methyl sites for hydroxylation is 2. The summed E-state index contributed by atoms with van der Waals surface area (Å²) in [7, 11) is 2.10. The molecule has 0 unspecified atom stereocenters. The number of aromatic amines is 1. The molecule has 1 aliphatic heterocycles. The summed E-state index contributed by atoms with van der Waals surface area (Å²) in [6, 6.07) is 5.54. The standard InChI is InChI=1S/C18H18N2O/c1-10-15-9-20(3)7-6-13(15)11(2)18-17(10)14-8-12(21)4-5-16(14)19-18/h4-8,19,21H,9H2,1-3H3. The number of hydrogen-bond acceptors (Lipinski definition) is 2. The Labute approximate surface area is 123 Å². The molecule has 2 aromatic carbocycles. The molecule has 0 aliphatic carbocycles. The molecular weight excluding hydrogens is 260 g/mol. The van der Waals surface area contributed by atoms with Crippen LogP contribution in [0.15, 0.2) is 24.4 Å². The molecule has 0 amide bonds. The number of benzene rings is 2. The maximum absolute atomic E-state index is 9.82. The van der Waals surface area contributed by atoms with Crippen LogP contribution in [-0.2, 0) is 6.54 Å². The van der Waals surface area contributed by atoms with Gasteiger partial charge >= 0.3 is 0 Å². The Bertz CT molecular complexity index is 918. The van der Waals surface area contributed by atoms with Crippen LogP contribution in [0.5, 0.6) is 5.75 Å². The molecular formula is C18H18N2O. The molecule has 0 saturated carbocycles.